The third kappa shape index (κ3) is 6.82. The maximum atomic E-state index is 11.1. The van der Waals surface area contributed by atoms with Crippen molar-refractivity contribution in [3.05, 3.63) is 0 Å². The summed E-state index contributed by atoms with van der Waals surface area (Å²) in [7, 11) is 1.60. The first-order chi connectivity index (χ1) is 6.72. The summed E-state index contributed by atoms with van der Waals surface area (Å²) < 4.78 is 14.8. The monoisotopic (exact) mass is 205 g/mol. The second kappa shape index (κ2) is 8.93. The van der Waals surface area contributed by atoms with Crippen LogP contribution in [0, 0.1) is 5.92 Å². The van der Waals surface area contributed by atoms with Crippen molar-refractivity contribution in [3.8, 4) is 0 Å². The van der Waals surface area contributed by atoms with E-state index in [4.69, 9.17) is 19.9 Å². The van der Waals surface area contributed by atoms with E-state index in [1.807, 2.05) is 0 Å². The fraction of sp³-hybridized carbons (Fsp3) is 0.889. The molecule has 5 nitrogen and oxygen atoms in total. The highest BCUT2D eigenvalue weighted by molar-refractivity contribution is 5.72. The number of hydrogen-bond acceptors (Lipinski definition) is 5. The predicted octanol–water partition coefficient (Wildman–Crippen LogP) is -0.213. The summed E-state index contributed by atoms with van der Waals surface area (Å²) >= 11 is 0. The van der Waals surface area contributed by atoms with Crippen molar-refractivity contribution in [2.75, 3.05) is 40.1 Å². The molecular formula is C9H19NO4. The Labute approximate surface area is 84.5 Å². The summed E-state index contributed by atoms with van der Waals surface area (Å²) in [6, 6.07) is 0. The molecule has 0 radical (unpaired) electrons. The van der Waals surface area contributed by atoms with Crippen LogP contribution in [0.2, 0.25) is 0 Å². The quantitative estimate of drug-likeness (QED) is 0.438. The third-order valence-corrected chi connectivity index (χ3v) is 1.66. The van der Waals surface area contributed by atoms with Crippen molar-refractivity contribution in [2.24, 2.45) is 11.7 Å². The van der Waals surface area contributed by atoms with Crippen LogP contribution < -0.4 is 5.73 Å². The Morgan fingerprint density at radius 3 is 2.50 bits per heavy atom. The van der Waals surface area contributed by atoms with Crippen molar-refractivity contribution in [3.63, 3.8) is 0 Å². The maximum absolute atomic E-state index is 11.1. The molecule has 0 saturated carbocycles. The Balaban J connectivity index is 3.23. The normalized spacial score (nSPS) is 12.5. The minimum absolute atomic E-state index is 0.242. The van der Waals surface area contributed by atoms with E-state index in [0.717, 1.165) is 0 Å². The maximum Gasteiger partial charge on any atom is 0.310 e. The first-order valence-corrected chi connectivity index (χ1v) is 4.65. The SMILES string of the molecule is COCCOCCOC(=O)C(C)CN. The molecule has 0 aliphatic carbocycles. The lowest BCUT2D eigenvalue weighted by atomic mass is 10.2. The summed E-state index contributed by atoms with van der Waals surface area (Å²) in [6.45, 7) is 3.77. The van der Waals surface area contributed by atoms with Gasteiger partial charge in [0, 0.05) is 13.7 Å². The van der Waals surface area contributed by atoms with E-state index in [1.165, 1.54) is 0 Å². The minimum atomic E-state index is -0.275. The first-order valence-electron chi connectivity index (χ1n) is 4.65. The topological polar surface area (TPSA) is 70.8 Å². The number of carbonyl (C=O) groups is 1. The van der Waals surface area contributed by atoms with Gasteiger partial charge in [-0.05, 0) is 0 Å². The summed E-state index contributed by atoms with van der Waals surface area (Å²) in [5.74, 6) is -0.517. The molecule has 0 aromatic heterocycles. The molecule has 84 valence electrons. The molecule has 1 unspecified atom stereocenters. The Hall–Kier alpha value is -0.650. The summed E-state index contributed by atoms with van der Waals surface area (Å²) in [5.41, 5.74) is 5.29. The van der Waals surface area contributed by atoms with Gasteiger partial charge in [-0.15, -0.1) is 0 Å². The van der Waals surface area contributed by atoms with Crippen LogP contribution >= 0.6 is 0 Å². The molecule has 1 atom stereocenters. The average Bonchev–Trinajstić information content (AvgIpc) is 2.21. The van der Waals surface area contributed by atoms with Crippen molar-refractivity contribution in [1.82, 2.24) is 0 Å². The molecule has 2 N–H and O–H groups in total. The molecule has 0 aliphatic rings. The molecule has 0 saturated heterocycles. The molecular weight excluding hydrogens is 186 g/mol. The molecule has 14 heavy (non-hydrogen) atoms. The van der Waals surface area contributed by atoms with Crippen molar-refractivity contribution >= 4 is 5.97 Å². The molecule has 0 aliphatic heterocycles. The van der Waals surface area contributed by atoms with Crippen LogP contribution in [0.1, 0.15) is 6.92 Å². The highest BCUT2D eigenvalue weighted by atomic mass is 16.6. The largest absolute Gasteiger partial charge is 0.463 e. The van der Waals surface area contributed by atoms with Gasteiger partial charge in [0.25, 0.3) is 0 Å². The Morgan fingerprint density at radius 1 is 1.29 bits per heavy atom. The van der Waals surface area contributed by atoms with Gasteiger partial charge in [0.05, 0.1) is 25.7 Å². The highest BCUT2D eigenvalue weighted by Crippen LogP contribution is 1.94. The van der Waals surface area contributed by atoms with Crippen LogP contribution in [0.25, 0.3) is 0 Å². The third-order valence-electron chi connectivity index (χ3n) is 1.66. The smallest absolute Gasteiger partial charge is 0.310 e. The van der Waals surface area contributed by atoms with Gasteiger partial charge < -0.3 is 19.9 Å². The highest BCUT2D eigenvalue weighted by Gasteiger charge is 2.11. The number of hydrogen-bond donors (Lipinski definition) is 1. The lowest BCUT2D eigenvalue weighted by Crippen LogP contribution is -2.24. The zero-order valence-corrected chi connectivity index (χ0v) is 8.82. The van der Waals surface area contributed by atoms with Crippen molar-refractivity contribution in [2.45, 2.75) is 6.92 Å². The van der Waals surface area contributed by atoms with Gasteiger partial charge in [-0.2, -0.15) is 0 Å². The van der Waals surface area contributed by atoms with Gasteiger partial charge >= 0.3 is 5.97 Å². The molecule has 5 heteroatoms. The number of esters is 1. The van der Waals surface area contributed by atoms with E-state index in [-0.39, 0.29) is 18.5 Å². The van der Waals surface area contributed by atoms with E-state index in [9.17, 15) is 4.79 Å². The van der Waals surface area contributed by atoms with Gasteiger partial charge in [0.15, 0.2) is 0 Å². The van der Waals surface area contributed by atoms with Gasteiger partial charge in [-0.3, -0.25) is 4.79 Å². The fourth-order valence-corrected chi connectivity index (χ4v) is 0.684. The molecule has 0 aromatic carbocycles. The van der Waals surface area contributed by atoms with Crippen LogP contribution in [-0.2, 0) is 19.0 Å². The second-order valence-corrected chi connectivity index (χ2v) is 2.91. The number of methoxy groups -OCH3 is 1. The van der Waals surface area contributed by atoms with E-state index >= 15 is 0 Å². The van der Waals surface area contributed by atoms with Crippen LogP contribution in [0.5, 0.6) is 0 Å². The Morgan fingerprint density at radius 2 is 1.93 bits per heavy atom. The lowest BCUT2D eigenvalue weighted by molar-refractivity contribution is -0.149. The van der Waals surface area contributed by atoms with Crippen LogP contribution in [-0.4, -0.2) is 46.1 Å². The summed E-state index contributed by atoms with van der Waals surface area (Å²) in [5, 5.41) is 0. The van der Waals surface area contributed by atoms with E-state index in [2.05, 4.69) is 0 Å². The van der Waals surface area contributed by atoms with E-state index in [1.54, 1.807) is 14.0 Å². The molecule has 0 bridgehead atoms. The minimum Gasteiger partial charge on any atom is -0.463 e. The van der Waals surface area contributed by atoms with E-state index in [0.29, 0.717) is 26.4 Å². The standard InChI is InChI=1S/C9H19NO4/c1-8(7-10)9(11)14-6-5-13-4-3-12-2/h8H,3-7,10H2,1-2H3. The zero-order chi connectivity index (χ0) is 10.8. The molecule has 0 aromatic rings. The van der Waals surface area contributed by atoms with Crippen molar-refractivity contribution in [1.29, 1.82) is 0 Å². The van der Waals surface area contributed by atoms with Crippen LogP contribution in [0.3, 0.4) is 0 Å². The predicted molar refractivity (Wildman–Crippen MR) is 51.9 cm³/mol. The zero-order valence-electron chi connectivity index (χ0n) is 8.82. The Bertz CT molecular complexity index is 152. The first kappa shape index (κ1) is 13.4. The second-order valence-electron chi connectivity index (χ2n) is 2.91. The molecule has 0 amide bonds. The molecule has 0 fully saturated rings. The Kier molecular flexibility index (Phi) is 8.51. The van der Waals surface area contributed by atoms with E-state index < -0.39 is 0 Å². The van der Waals surface area contributed by atoms with Crippen LogP contribution in [0.15, 0.2) is 0 Å². The molecule has 0 heterocycles. The van der Waals surface area contributed by atoms with Gasteiger partial charge in [-0.25, -0.2) is 0 Å². The summed E-state index contributed by atoms with van der Waals surface area (Å²) in [6.07, 6.45) is 0. The number of carbonyl (C=O) groups excluding carboxylic acids is 1. The number of nitrogens with two attached hydrogens (primary N) is 1. The van der Waals surface area contributed by atoms with Gasteiger partial charge in [0.2, 0.25) is 0 Å². The molecule has 0 spiro atoms. The van der Waals surface area contributed by atoms with Gasteiger partial charge in [0.1, 0.15) is 6.61 Å². The number of rotatable bonds is 8. The fourth-order valence-electron chi connectivity index (χ4n) is 0.684. The number of ether oxygens (including phenoxy) is 3. The van der Waals surface area contributed by atoms with Crippen molar-refractivity contribution < 1.29 is 19.0 Å². The average molecular weight is 205 g/mol. The molecule has 0 rings (SSSR count). The lowest BCUT2D eigenvalue weighted by Gasteiger charge is -2.09. The van der Waals surface area contributed by atoms with Gasteiger partial charge in [-0.1, -0.05) is 6.92 Å². The van der Waals surface area contributed by atoms with Crippen LogP contribution in [0.4, 0.5) is 0 Å². The summed E-state index contributed by atoms with van der Waals surface area (Å²) in [4.78, 5) is 11.1.